The van der Waals surface area contributed by atoms with E-state index in [1.165, 1.54) is 0 Å². The normalized spacial score (nSPS) is 9.69. The van der Waals surface area contributed by atoms with Crippen LogP contribution in [0.4, 0.5) is 11.4 Å². The third-order valence-electron chi connectivity index (χ3n) is 2.23. The second kappa shape index (κ2) is 4.36. The van der Waals surface area contributed by atoms with Gasteiger partial charge in [-0.1, -0.05) is 0 Å². The van der Waals surface area contributed by atoms with Crippen LogP contribution in [-0.2, 0) is 6.54 Å². The molecule has 0 aliphatic carbocycles. The standard InChI is InChI=1S/C11H11N5/c12-4-9-3-10(1-2-11(9)13)14-5-8-6-15-16-7-8/h1-3,6-7,14H,5,13H2,(H,15,16). The van der Waals surface area contributed by atoms with Gasteiger partial charge in [-0.2, -0.15) is 10.4 Å². The van der Waals surface area contributed by atoms with Crippen molar-refractivity contribution in [1.82, 2.24) is 10.2 Å². The molecule has 5 heteroatoms. The number of nitrogens with one attached hydrogen (secondary N) is 2. The van der Waals surface area contributed by atoms with Crippen molar-refractivity contribution < 1.29 is 0 Å². The summed E-state index contributed by atoms with van der Waals surface area (Å²) in [5, 5.41) is 18.6. The van der Waals surface area contributed by atoms with Crippen LogP contribution in [0, 0.1) is 11.3 Å². The first-order chi connectivity index (χ1) is 7.79. The molecule has 1 aromatic carbocycles. The largest absolute Gasteiger partial charge is 0.398 e. The van der Waals surface area contributed by atoms with E-state index in [1.54, 1.807) is 18.3 Å². The van der Waals surface area contributed by atoms with Crippen LogP contribution in [0.15, 0.2) is 30.6 Å². The van der Waals surface area contributed by atoms with Crippen molar-refractivity contribution in [3.63, 3.8) is 0 Å². The highest BCUT2D eigenvalue weighted by Crippen LogP contribution is 2.17. The van der Waals surface area contributed by atoms with E-state index in [4.69, 9.17) is 11.0 Å². The Labute approximate surface area is 92.9 Å². The Morgan fingerprint density at radius 1 is 1.50 bits per heavy atom. The van der Waals surface area contributed by atoms with Gasteiger partial charge < -0.3 is 11.1 Å². The van der Waals surface area contributed by atoms with E-state index in [0.717, 1.165) is 11.3 Å². The van der Waals surface area contributed by atoms with Crippen molar-refractivity contribution in [3.05, 3.63) is 41.7 Å². The fourth-order valence-electron chi connectivity index (χ4n) is 1.34. The minimum absolute atomic E-state index is 0.484. The first kappa shape index (κ1) is 10.1. The molecule has 4 N–H and O–H groups in total. The maximum Gasteiger partial charge on any atom is 0.101 e. The molecule has 0 bridgehead atoms. The van der Waals surface area contributed by atoms with Gasteiger partial charge in [-0.15, -0.1) is 0 Å². The zero-order valence-corrected chi connectivity index (χ0v) is 8.57. The van der Waals surface area contributed by atoms with Crippen molar-refractivity contribution >= 4 is 11.4 Å². The molecule has 0 aliphatic heterocycles. The Hall–Kier alpha value is -2.48. The lowest BCUT2D eigenvalue weighted by molar-refractivity contribution is 1.09. The number of hydrogen-bond donors (Lipinski definition) is 3. The molecule has 0 fully saturated rings. The van der Waals surface area contributed by atoms with Gasteiger partial charge in [0.05, 0.1) is 11.8 Å². The van der Waals surface area contributed by atoms with Gasteiger partial charge in [0.1, 0.15) is 6.07 Å². The number of benzene rings is 1. The summed E-state index contributed by atoms with van der Waals surface area (Å²) >= 11 is 0. The summed E-state index contributed by atoms with van der Waals surface area (Å²) in [7, 11) is 0. The lowest BCUT2D eigenvalue weighted by Crippen LogP contribution is -1.99. The Kier molecular flexibility index (Phi) is 2.74. The molecule has 2 rings (SSSR count). The highest BCUT2D eigenvalue weighted by Gasteiger charge is 2.00. The van der Waals surface area contributed by atoms with E-state index in [-0.39, 0.29) is 0 Å². The summed E-state index contributed by atoms with van der Waals surface area (Å²) in [6.07, 6.45) is 3.56. The highest BCUT2D eigenvalue weighted by molar-refractivity contribution is 5.61. The van der Waals surface area contributed by atoms with Crippen molar-refractivity contribution in [3.8, 4) is 6.07 Å². The van der Waals surface area contributed by atoms with Gasteiger partial charge in [0.15, 0.2) is 0 Å². The van der Waals surface area contributed by atoms with Crippen molar-refractivity contribution in [2.24, 2.45) is 0 Å². The van der Waals surface area contributed by atoms with Crippen molar-refractivity contribution in [2.45, 2.75) is 6.54 Å². The van der Waals surface area contributed by atoms with Crippen LogP contribution in [0.3, 0.4) is 0 Å². The van der Waals surface area contributed by atoms with Crippen LogP contribution in [-0.4, -0.2) is 10.2 Å². The third kappa shape index (κ3) is 2.12. The summed E-state index contributed by atoms with van der Waals surface area (Å²) in [6.45, 7) is 0.658. The molecule has 0 amide bonds. The third-order valence-corrected chi connectivity index (χ3v) is 2.23. The van der Waals surface area contributed by atoms with Gasteiger partial charge in [-0.3, -0.25) is 5.10 Å². The van der Waals surface area contributed by atoms with E-state index in [1.807, 2.05) is 18.3 Å². The van der Waals surface area contributed by atoms with E-state index < -0.39 is 0 Å². The minimum atomic E-state index is 0.484. The lowest BCUT2D eigenvalue weighted by atomic mass is 10.2. The molecule has 0 spiro atoms. The summed E-state index contributed by atoms with van der Waals surface area (Å²) in [6, 6.07) is 7.34. The van der Waals surface area contributed by atoms with Gasteiger partial charge in [-0.05, 0) is 18.2 Å². The summed E-state index contributed by atoms with van der Waals surface area (Å²) in [5.41, 5.74) is 8.52. The number of aromatic nitrogens is 2. The predicted octanol–water partition coefficient (Wildman–Crippen LogP) is 1.48. The minimum Gasteiger partial charge on any atom is -0.398 e. The quantitative estimate of drug-likeness (QED) is 0.673. The van der Waals surface area contributed by atoms with E-state index in [0.29, 0.717) is 17.8 Å². The second-order valence-electron chi connectivity index (χ2n) is 3.37. The topological polar surface area (TPSA) is 90.5 Å². The zero-order valence-electron chi connectivity index (χ0n) is 8.57. The SMILES string of the molecule is N#Cc1cc(NCc2cn[nH]c2)ccc1N. The first-order valence-corrected chi connectivity index (χ1v) is 4.81. The number of H-pyrrole nitrogens is 1. The Bertz CT molecular complexity index is 510. The molecular weight excluding hydrogens is 202 g/mol. The molecule has 0 saturated heterocycles. The molecule has 80 valence electrons. The second-order valence-corrected chi connectivity index (χ2v) is 3.37. The van der Waals surface area contributed by atoms with Crippen LogP contribution in [0.5, 0.6) is 0 Å². The fraction of sp³-hybridized carbons (Fsp3) is 0.0909. The molecule has 5 nitrogen and oxygen atoms in total. The molecule has 0 saturated carbocycles. The van der Waals surface area contributed by atoms with E-state index in [2.05, 4.69) is 15.5 Å². The summed E-state index contributed by atoms with van der Waals surface area (Å²) < 4.78 is 0. The molecule has 0 aliphatic rings. The number of anilines is 2. The molecule has 1 aromatic heterocycles. The molecular formula is C11H11N5. The van der Waals surface area contributed by atoms with E-state index >= 15 is 0 Å². The molecule has 16 heavy (non-hydrogen) atoms. The van der Waals surface area contributed by atoms with Gasteiger partial charge in [0.25, 0.3) is 0 Å². The van der Waals surface area contributed by atoms with E-state index in [9.17, 15) is 0 Å². The first-order valence-electron chi connectivity index (χ1n) is 4.81. The van der Waals surface area contributed by atoms with Gasteiger partial charge in [0, 0.05) is 29.7 Å². The number of hydrogen-bond acceptors (Lipinski definition) is 4. The smallest absolute Gasteiger partial charge is 0.101 e. The van der Waals surface area contributed by atoms with Crippen molar-refractivity contribution in [1.29, 1.82) is 5.26 Å². The zero-order chi connectivity index (χ0) is 11.4. The average Bonchev–Trinajstić information content (AvgIpc) is 2.81. The molecule has 2 aromatic rings. The molecule has 0 unspecified atom stereocenters. The van der Waals surface area contributed by atoms with Crippen LogP contribution in [0.2, 0.25) is 0 Å². The van der Waals surface area contributed by atoms with Gasteiger partial charge in [-0.25, -0.2) is 0 Å². The summed E-state index contributed by atoms with van der Waals surface area (Å²) in [4.78, 5) is 0. The Morgan fingerprint density at radius 2 is 2.38 bits per heavy atom. The number of nitrogens with zero attached hydrogens (tertiary/aromatic N) is 2. The highest BCUT2D eigenvalue weighted by atomic mass is 15.1. The van der Waals surface area contributed by atoms with Crippen LogP contribution in [0.25, 0.3) is 0 Å². The van der Waals surface area contributed by atoms with Gasteiger partial charge >= 0.3 is 0 Å². The number of nitrogens with two attached hydrogens (primary N) is 1. The number of aromatic amines is 1. The van der Waals surface area contributed by atoms with Gasteiger partial charge in [0.2, 0.25) is 0 Å². The maximum absolute atomic E-state index is 8.82. The van der Waals surface area contributed by atoms with Crippen LogP contribution < -0.4 is 11.1 Å². The Morgan fingerprint density at radius 3 is 3.06 bits per heavy atom. The summed E-state index contributed by atoms with van der Waals surface area (Å²) in [5.74, 6) is 0. The van der Waals surface area contributed by atoms with Crippen LogP contribution >= 0.6 is 0 Å². The van der Waals surface area contributed by atoms with Crippen LogP contribution in [0.1, 0.15) is 11.1 Å². The predicted molar refractivity (Wildman–Crippen MR) is 61.5 cm³/mol. The molecule has 0 radical (unpaired) electrons. The number of nitriles is 1. The molecule has 1 heterocycles. The lowest BCUT2D eigenvalue weighted by Gasteiger charge is -2.06. The Balaban J connectivity index is 2.08. The number of rotatable bonds is 3. The number of nitrogen functional groups attached to an aromatic ring is 1. The van der Waals surface area contributed by atoms with Crippen molar-refractivity contribution in [2.75, 3.05) is 11.1 Å². The fourth-order valence-corrected chi connectivity index (χ4v) is 1.34. The molecule has 0 atom stereocenters. The average molecular weight is 213 g/mol. The monoisotopic (exact) mass is 213 g/mol. The maximum atomic E-state index is 8.82.